The fourth-order valence-corrected chi connectivity index (χ4v) is 2.57. The van der Waals surface area contributed by atoms with E-state index in [1.165, 1.54) is 0 Å². The first-order chi connectivity index (χ1) is 9.69. The van der Waals surface area contributed by atoms with Crippen LogP contribution in [0.15, 0.2) is 6.07 Å². The van der Waals surface area contributed by atoms with Crippen molar-refractivity contribution in [2.75, 3.05) is 25.0 Å². The number of nitrogens with one attached hydrogen (secondary N) is 1. The Balaban J connectivity index is 1.77. The maximum atomic E-state index is 11.5. The number of anilines is 1. The zero-order valence-corrected chi connectivity index (χ0v) is 12.6. The zero-order valence-electron chi connectivity index (χ0n) is 11.9. The number of rotatable bonds is 7. The Bertz CT molecular complexity index is 466. The molecular weight excluding hydrogens is 276 g/mol. The van der Waals surface area contributed by atoms with Gasteiger partial charge >= 0.3 is 0 Å². The Morgan fingerprint density at radius 2 is 2.30 bits per heavy atom. The molecule has 0 radical (unpaired) electrons. The average Bonchev–Trinajstić information content (AvgIpc) is 2.80. The molecule has 0 aromatic carbocycles. The quantitative estimate of drug-likeness (QED) is 0.620. The van der Waals surface area contributed by atoms with E-state index in [-0.39, 0.29) is 11.2 Å². The largest absolute Gasteiger partial charge is 0.370 e. The number of aromatic nitrogens is 2. The monoisotopic (exact) mass is 296 g/mol. The predicted octanol–water partition coefficient (Wildman–Crippen LogP) is 2.51. The lowest BCUT2D eigenvalue weighted by atomic mass is 10.2. The minimum atomic E-state index is 0.278. The van der Waals surface area contributed by atoms with Crippen LogP contribution >= 0.6 is 11.6 Å². The van der Waals surface area contributed by atoms with Crippen molar-refractivity contribution in [2.45, 2.75) is 39.0 Å². The molecule has 6 heteroatoms. The van der Waals surface area contributed by atoms with E-state index in [2.05, 4.69) is 22.2 Å². The summed E-state index contributed by atoms with van der Waals surface area (Å²) in [5, 5.41) is 3.53. The minimum Gasteiger partial charge on any atom is -0.370 e. The molecule has 1 N–H and O–H groups in total. The molecule has 0 unspecified atom stereocenters. The van der Waals surface area contributed by atoms with Gasteiger partial charge in [-0.25, -0.2) is 9.97 Å². The van der Waals surface area contributed by atoms with Crippen LogP contribution < -0.4 is 5.32 Å². The average molecular weight is 297 g/mol. The first-order valence-corrected chi connectivity index (χ1v) is 7.62. The van der Waals surface area contributed by atoms with Crippen molar-refractivity contribution in [2.24, 2.45) is 0 Å². The van der Waals surface area contributed by atoms with Crippen LogP contribution in [0.4, 0.5) is 5.82 Å². The molecule has 1 aromatic heterocycles. The molecule has 0 saturated carbocycles. The van der Waals surface area contributed by atoms with Crippen LogP contribution in [-0.4, -0.2) is 40.4 Å². The number of carbonyl (C=O) groups excluding carboxylic acids is 1. The molecule has 1 aliphatic rings. The van der Waals surface area contributed by atoms with Crippen molar-refractivity contribution in [3.8, 4) is 0 Å². The van der Waals surface area contributed by atoms with Gasteiger partial charge in [-0.1, -0.05) is 13.3 Å². The van der Waals surface area contributed by atoms with Crippen molar-refractivity contribution in [1.82, 2.24) is 14.9 Å². The lowest BCUT2D eigenvalue weighted by Crippen LogP contribution is -2.27. The highest BCUT2D eigenvalue weighted by Crippen LogP contribution is 2.13. The van der Waals surface area contributed by atoms with Crippen LogP contribution in [0.5, 0.6) is 0 Å². The third-order valence-electron chi connectivity index (χ3n) is 3.34. The van der Waals surface area contributed by atoms with Gasteiger partial charge in [0.2, 0.25) is 11.2 Å². The summed E-state index contributed by atoms with van der Waals surface area (Å²) in [6.45, 7) is 4.60. The number of hydrogen-bond acceptors (Lipinski definition) is 4. The van der Waals surface area contributed by atoms with E-state index in [9.17, 15) is 4.79 Å². The molecule has 5 nitrogen and oxygen atoms in total. The van der Waals surface area contributed by atoms with Crippen LogP contribution in [0.25, 0.3) is 0 Å². The minimum absolute atomic E-state index is 0.278. The first kappa shape index (κ1) is 15.0. The first-order valence-electron chi connectivity index (χ1n) is 7.24. The lowest BCUT2D eigenvalue weighted by molar-refractivity contribution is -0.127. The summed E-state index contributed by atoms with van der Waals surface area (Å²) in [5.41, 5.74) is 0.963. The van der Waals surface area contributed by atoms with Gasteiger partial charge in [0.25, 0.3) is 0 Å². The Morgan fingerprint density at radius 3 is 3.00 bits per heavy atom. The fraction of sp³-hybridized carbons (Fsp3) is 0.643. The molecule has 0 atom stereocenters. The number of carbonyl (C=O) groups is 1. The summed E-state index contributed by atoms with van der Waals surface area (Å²) in [6, 6.07) is 1.94. The standard InChI is InChI=1S/C14H21ClN4O/c1-2-5-11-10-12(18-14(15)17-11)16-7-4-9-19-8-3-6-13(19)20/h10H,2-9H2,1H3,(H,16,17,18). The van der Waals surface area contributed by atoms with Gasteiger partial charge < -0.3 is 10.2 Å². The van der Waals surface area contributed by atoms with Crippen LogP contribution in [-0.2, 0) is 11.2 Å². The van der Waals surface area contributed by atoms with E-state index in [0.717, 1.165) is 56.8 Å². The Kier molecular flexibility index (Phi) is 5.59. The highest BCUT2D eigenvalue weighted by Gasteiger charge is 2.18. The highest BCUT2D eigenvalue weighted by atomic mass is 35.5. The molecule has 2 rings (SSSR count). The van der Waals surface area contributed by atoms with Gasteiger partial charge in [-0.2, -0.15) is 0 Å². The molecule has 0 bridgehead atoms. The predicted molar refractivity (Wildman–Crippen MR) is 80.0 cm³/mol. The van der Waals surface area contributed by atoms with Gasteiger partial charge in [0.1, 0.15) is 5.82 Å². The molecule has 110 valence electrons. The number of nitrogens with zero attached hydrogens (tertiary/aromatic N) is 3. The van der Waals surface area contributed by atoms with Crippen molar-refractivity contribution in [3.63, 3.8) is 0 Å². The fourth-order valence-electron chi connectivity index (χ4n) is 2.37. The molecule has 0 spiro atoms. The smallest absolute Gasteiger partial charge is 0.224 e. The van der Waals surface area contributed by atoms with Gasteiger partial charge in [0.05, 0.1) is 0 Å². The van der Waals surface area contributed by atoms with Crippen molar-refractivity contribution >= 4 is 23.3 Å². The maximum Gasteiger partial charge on any atom is 0.224 e. The van der Waals surface area contributed by atoms with Gasteiger partial charge in [0, 0.05) is 37.8 Å². The lowest BCUT2D eigenvalue weighted by Gasteiger charge is -2.15. The van der Waals surface area contributed by atoms with E-state index in [1.807, 2.05) is 11.0 Å². The molecule has 0 aliphatic carbocycles. The molecular formula is C14H21ClN4O. The van der Waals surface area contributed by atoms with E-state index in [4.69, 9.17) is 11.6 Å². The van der Waals surface area contributed by atoms with Crippen LogP contribution in [0.2, 0.25) is 5.28 Å². The number of likely N-dealkylation sites (tertiary alicyclic amines) is 1. The summed E-state index contributed by atoms with van der Waals surface area (Å²) < 4.78 is 0. The van der Waals surface area contributed by atoms with E-state index >= 15 is 0 Å². The highest BCUT2D eigenvalue weighted by molar-refractivity contribution is 6.28. The summed E-state index contributed by atoms with van der Waals surface area (Å²) >= 11 is 5.91. The number of amides is 1. The second-order valence-electron chi connectivity index (χ2n) is 5.03. The zero-order chi connectivity index (χ0) is 14.4. The van der Waals surface area contributed by atoms with Gasteiger partial charge in [-0.15, -0.1) is 0 Å². The second kappa shape index (κ2) is 7.43. The van der Waals surface area contributed by atoms with Gasteiger partial charge in [-0.3, -0.25) is 4.79 Å². The number of hydrogen-bond donors (Lipinski definition) is 1. The molecule has 1 saturated heterocycles. The summed E-state index contributed by atoms with van der Waals surface area (Å²) in [6.07, 6.45) is 4.54. The van der Waals surface area contributed by atoms with Crippen LogP contribution in [0.3, 0.4) is 0 Å². The number of aryl methyl sites for hydroxylation is 1. The van der Waals surface area contributed by atoms with E-state index in [1.54, 1.807) is 0 Å². The van der Waals surface area contributed by atoms with Crippen LogP contribution in [0, 0.1) is 0 Å². The molecule has 20 heavy (non-hydrogen) atoms. The number of halogens is 1. The Labute approximate surface area is 124 Å². The topological polar surface area (TPSA) is 58.1 Å². The summed E-state index contributed by atoms with van der Waals surface area (Å²) in [5.74, 6) is 1.04. The Morgan fingerprint density at radius 1 is 1.45 bits per heavy atom. The normalized spacial score (nSPS) is 14.9. The van der Waals surface area contributed by atoms with Crippen LogP contribution in [0.1, 0.15) is 38.3 Å². The molecule has 1 aliphatic heterocycles. The Hall–Kier alpha value is -1.36. The van der Waals surface area contributed by atoms with Crippen molar-refractivity contribution < 1.29 is 4.79 Å². The van der Waals surface area contributed by atoms with Gasteiger partial charge in [-0.05, 0) is 30.9 Å². The van der Waals surface area contributed by atoms with Gasteiger partial charge in [0.15, 0.2) is 0 Å². The summed E-state index contributed by atoms with van der Waals surface area (Å²) in [7, 11) is 0. The summed E-state index contributed by atoms with van der Waals surface area (Å²) in [4.78, 5) is 21.7. The molecule has 2 heterocycles. The molecule has 1 amide bonds. The third-order valence-corrected chi connectivity index (χ3v) is 3.51. The SMILES string of the molecule is CCCc1cc(NCCCN2CCCC2=O)nc(Cl)n1. The third kappa shape index (κ3) is 4.34. The van der Waals surface area contributed by atoms with E-state index in [0.29, 0.717) is 6.42 Å². The second-order valence-corrected chi connectivity index (χ2v) is 5.37. The van der Waals surface area contributed by atoms with Crippen molar-refractivity contribution in [3.05, 3.63) is 17.0 Å². The van der Waals surface area contributed by atoms with Crippen molar-refractivity contribution in [1.29, 1.82) is 0 Å². The van der Waals surface area contributed by atoms with E-state index < -0.39 is 0 Å². The molecule has 1 fully saturated rings. The maximum absolute atomic E-state index is 11.5. The molecule has 1 aromatic rings.